The average molecular weight is 359 g/mol. The predicted octanol–water partition coefficient (Wildman–Crippen LogP) is 6.82. The van der Waals surface area contributed by atoms with Crippen LogP contribution in [0.25, 0.3) is 5.57 Å². The summed E-state index contributed by atoms with van der Waals surface area (Å²) in [5.74, 6) is 0. The second-order valence-corrected chi connectivity index (χ2v) is 8.51. The number of nitrogens with zero attached hydrogens (tertiary/aromatic N) is 1. The molecule has 0 atom stereocenters. The Kier molecular flexibility index (Phi) is 5.36. The van der Waals surface area contributed by atoms with Gasteiger partial charge in [0.15, 0.2) is 0 Å². The van der Waals surface area contributed by atoms with Gasteiger partial charge >= 0.3 is 0 Å². The van der Waals surface area contributed by atoms with Crippen LogP contribution in [0, 0.1) is 26.2 Å². The molecule has 0 amide bonds. The number of aryl methyl sites for hydroxylation is 3. The maximum Gasteiger partial charge on any atom is 0.0620 e. The van der Waals surface area contributed by atoms with E-state index in [-0.39, 0.29) is 5.41 Å². The van der Waals surface area contributed by atoms with E-state index < -0.39 is 0 Å². The molecule has 140 valence electrons. The zero-order chi connectivity index (χ0) is 19.6. The van der Waals surface area contributed by atoms with Crippen LogP contribution in [-0.4, -0.2) is 6.21 Å². The molecule has 0 heterocycles. The summed E-state index contributed by atoms with van der Waals surface area (Å²) in [6, 6.07) is 12.9. The molecule has 2 heteroatoms. The van der Waals surface area contributed by atoms with Gasteiger partial charge in [-0.1, -0.05) is 74.9 Å². The fourth-order valence-electron chi connectivity index (χ4n) is 3.66. The molecule has 1 aliphatic carbocycles. The third-order valence-electron chi connectivity index (χ3n) is 5.10. The highest BCUT2D eigenvalue weighted by atomic mass is 15.3. The highest BCUT2D eigenvalue weighted by Gasteiger charge is 2.20. The van der Waals surface area contributed by atoms with Gasteiger partial charge in [-0.25, -0.2) is 0 Å². The summed E-state index contributed by atoms with van der Waals surface area (Å²) in [4.78, 5) is 0. The van der Waals surface area contributed by atoms with Crippen LogP contribution in [-0.2, 0) is 0 Å². The smallest absolute Gasteiger partial charge is 0.0620 e. The summed E-state index contributed by atoms with van der Waals surface area (Å²) in [5, 5.41) is 4.54. The minimum atomic E-state index is 0.187. The summed E-state index contributed by atoms with van der Waals surface area (Å²) < 4.78 is 0. The third kappa shape index (κ3) is 4.39. The van der Waals surface area contributed by atoms with Crippen molar-refractivity contribution < 1.29 is 0 Å². The Morgan fingerprint density at radius 3 is 2.30 bits per heavy atom. The summed E-state index contributed by atoms with van der Waals surface area (Å²) >= 11 is 0. The molecule has 3 rings (SSSR count). The quantitative estimate of drug-likeness (QED) is 0.471. The van der Waals surface area contributed by atoms with E-state index in [4.69, 9.17) is 0 Å². The zero-order valence-corrected chi connectivity index (χ0v) is 17.4. The Hall–Kier alpha value is -2.61. The van der Waals surface area contributed by atoms with Crippen LogP contribution < -0.4 is 5.43 Å². The molecule has 0 aliphatic heterocycles. The molecular weight excluding hydrogens is 328 g/mol. The van der Waals surface area contributed by atoms with E-state index in [1.165, 1.54) is 33.4 Å². The van der Waals surface area contributed by atoms with Crippen molar-refractivity contribution in [1.29, 1.82) is 0 Å². The van der Waals surface area contributed by atoms with Gasteiger partial charge in [-0.05, 0) is 60.4 Å². The monoisotopic (exact) mass is 358 g/mol. The van der Waals surface area contributed by atoms with Gasteiger partial charge in [0.05, 0.1) is 11.9 Å². The van der Waals surface area contributed by atoms with Crippen LogP contribution in [0.4, 0.5) is 5.69 Å². The lowest BCUT2D eigenvalue weighted by atomic mass is 9.87. The van der Waals surface area contributed by atoms with E-state index in [1.54, 1.807) is 0 Å². The fraction of sp³-hybridized carbons (Fsp3) is 0.320. The molecule has 0 fully saturated rings. The average Bonchev–Trinajstić information content (AvgIpc) is 3.08. The first kappa shape index (κ1) is 19.2. The van der Waals surface area contributed by atoms with Crippen molar-refractivity contribution >= 4 is 17.5 Å². The highest BCUT2D eigenvalue weighted by molar-refractivity contribution is 5.90. The van der Waals surface area contributed by atoms with Crippen molar-refractivity contribution in [2.24, 2.45) is 10.5 Å². The number of nitrogens with one attached hydrogen (secondary N) is 1. The Morgan fingerprint density at radius 1 is 1.00 bits per heavy atom. The maximum atomic E-state index is 4.54. The van der Waals surface area contributed by atoms with Gasteiger partial charge in [0.1, 0.15) is 0 Å². The van der Waals surface area contributed by atoms with Gasteiger partial charge in [0.25, 0.3) is 0 Å². The van der Waals surface area contributed by atoms with Gasteiger partial charge in [-0.15, -0.1) is 0 Å². The standard InChI is InChI=1S/C25H30N2/c1-17-13-18(2)24(19(3)14-17)27-26-16-21-9-7-8-10-23(21)20-11-12-22(15-20)25(4,5)6/h7-10,12-16,27H,11H2,1-6H3/b26-16+. The van der Waals surface area contributed by atoms with Gasteiger partial charge in [-0.3, -0.25) is 5.43 Å². The van der Waals surface area contributed by atoms with Crippen molar-refractivity contribution in [3.8, 4) is 0 Å². The zero-order valence-electron chi connectivity index (χ0n) is 17.4. The molecule has 1 aliphatic rings. The summed E-state index contributed by atoms with van der Waals surface area (Å²) in [6.07, 6.45) is 7.61. The van der Waals surface area contributed by atoms with E-state index in [0.29, 0.717) is 0 Å². The number of allylic oxidation sites excluding steroid dienone is 4. The first-order chi connectivity index (χ1) is 12.8. The molecular formula is C25H30N2. The van der Waals surface area contributed by atoms with Crippen molar-refractivity contribution in [3.63, 3.8) is 0 Å². The van der Waals surface area contributed by atoms with Gasteiger partial charge in [0.2, 0.25) is 0 Å². The van der Waals surface area contributed by atoms with Crippen LogP contribution in [0.15, 0.2) is 59.2 Å². The third-order valence-corrected chi connectivity index (χ3v) is 5.10. The Morgan fingerprint density at radius 2 is 1.67 bits per heavy atom. The SMILES string of the molecule is Cc1cc(C)c(N/N=C/c2ccccc2C2=CC(C(C)(C)C)=CC2)c(C)c1. The van der Waals surface area contributed by atoms with Crippen LogP contribution >= 0.6 is 0 Å². The molecule has 2 aromatic rings. The minimum absolute atomic E-state index is 0.187. The van der Waals surface area contributed by atoms with Crippen LogP contribution in [0.1, 0.15) is 55.0 Å². The molecule has 0 saturated carbocycles. The van der Waals surface area contributed by atoms with Crippen molar-refractivity contribution in [3.05, 3.63) is 81.9 Å². The van der Waals surface area contributed by atoms with Gasteiger partial charge in [-0.2, -0.15) is 5.10 Å². The molecule has 0 saturated heterocycles. The lowest BCUT2D eigenvalue weighted by Gasteiger charge is -2.18. The molecule has 0 spiro atoms. The number of rotatable bonds is 4. The Bertz CT molecular complexity index is 914. The molecule has 2 nitrogen and oxygen atoms in total. The Labute approximate surface area is 163 Å². The molecule has 27 heavy (non-hydrogen) atoms. The number of benzene rings is 2. The van der Waals surface area contributed by atoms with E-state index >= 15 is 0 Å². The van der Waals surface area contributed by atoms with Crippen LogP contribution in [0.3, 0.4) is 0 Å². The normalized spacial score (nSPS) is 14.4. The lowest BCUT2D eigenvalue weighted by molar-refractivity contribution is 0.518. The second kappa shape index (κ2) is 7.56. The van der Waals surface area contributed by atoms with E-state index in [0.717, 1.165) is 17.7 Å². The molecule has 0 unspecified atom stereocenters. The first-order valence-corrected chi connectivity index (χ1v) is 9.63. The summed E-state index contributed by atoms with van der Waals surface area (Å²) in [6.45, 7) is 13.2. The fourth-order valence-corrected chi connectivity index (χ4v) is 3.66. The topological polar surface area (TPSA) is 24.4 Å². The van der Waals surface area contributed by atoms with E-state index in [1.807, 2.05) is 6.21 Å². The number of hydrazone groups is 1. The number of anilines is 1. The van der Waals surface area contributed by atoms with Crippen molar-refractivity contribution in [2.75, 3.05) is 5.43 Å². The van der Waals surface area contributed by atoms with Gasteiger partial charge < -0.3 is 0 Å². The van der Waals surface area contributed by atoms with Crippen LogP contribution in [0.2, 0.25) is 0 Å². The first-order valence-electron chi connectivity index (χ1n) is 9.63. The van der Waals surface area contributed by atoms with Gasteiger partial charge in [0, 0.05) is 5.56 Å². The molecule has 0 aromatic heterocycles. The summed E-state index contributed by atoms with van der Waals surface area (Å²) in [5.41, 5.74) is 13.4. The summed E-state index contributed by atoms with van der Waals surface area (Å²) in [7, 11) is 0. The Balaban J connectivity index is 1.83. The lowest BCUT2D eigenvalue weighted by Crippen LogP contribution is -2.05. The van der Waals surface area contributed by atoms with E-state index in [9.17, 15) is 0 Å². The number of hydrogen-bond acceptors (Lipinski definition) is 2. The second-order valence-electron chi connectivity index (χ2n) is 8.51. The number of hydrogen-bond donors (Lipinski definition) is 1. The highest BCUT2D eigenvalue weighted by Crippen LogP contribution is 2.37. The maximum absolute atomic E-state index is 4.54. The largest absolute Gasteiger partial charge is 0.278 e. The van der Waals surface area contributed by atoms with Crippen molar-refractivity contribution in [1.82, 2.24) is 0 Å². The predicted molar refractivity (Wildman–Crippen MR) is 118 cm³/mol. The molecule has 0 bridgehead atoms. The van der Waals surface area contributed by atoms with Crippen molar-refractivity contribution in [2.45, 2.75) is 48.0 Å². The van der Waals surface area contributed by atoms with E-state index in [2.05, 4.69) is 101 Å². The molecule has 1 N–H and O–H groups in total. The van der Waals surface area contributed by atoms with Crippen LogP contribution in [0.5, 0.6) is 0 Å². The molecule has 2 aromatic carbocycles. The minimum Gasteiger partial charge on any atom is -0.278 e. The molecule has 0 radical (unpaired) electrons.